The van der Waals surface area contributed by atoms with E-state index in [9.17, 15) is 19.2 Å². The summed E-state index contributed by atoms with van der Waals surface area (Å²) in [6.45, 7) is 6.39. The number of carboxylic acids is 2. The maximum Gasteiger partial charge on any atom is 0.332 e. The van der Waals surface area contributed by atoms with Crippen LogP contribution in [0.25, 0.3) is 0 Å². The molecule has 0 amide bonds. The fourth-order valence-corrected chi connectivity index (χ4v) is 1.38. The summed E-state index contributed by atoms with van der Waals surface area (Å²) < 4.78 is 0. The summed E-state index contributed by atoms with van der Waals surface area (Å²) in [6, 6.07) is 0. The van der Waals surface area contributed by atoms with Crippen LogP contribution in [0.5, 0.6) is 0 Å². The second-order valence-corrected chi connectivity index (χ2v) is 5.16. The quantitative estimate of drug-likeness (QED) is 0.656. The van der Waals surface area contributed by atoms with Crippen molar-refractivity contribution < 1.29 is 29.4 Å². The van der Waals surface area contributed by atoms with Crippen molar-refractivity contribution in [2.75, 3.05) is 0 Å². The van der Waals surface area contributed by atoms with Crippen LogP contribution in [0.3, 0.4) is 0 Å². The van der Waals surface area contributed by atoms with Gasteiger partial charge in [-0.05, 0) is 0 Å². The highest BCUT2D eigenvalue weighted by molar-refractivity contribution is 6.05. The standard InChI is InChI=1S/C14H20O6/c1-7(2)11(15)5-9(13(17)18)10(14(19)20)6-12(16)8(3)4/h7-8H,5-6H2,1-4H3,(H,17,18)(H,19,20)/b10-9+. The first-order valence-corrected chi connectivity index (χ1v) is 6.31. The summed E-state index contributed by atoms with van der Waals surface area (Å²) in [5, 5.41) is 18.2. The van der Waals surface area contributed by atoms with Gasteiger partial charge in [0.05, 0.1) is 11.1 Å². The van der Waals surface area contributed by atoms with E-state index in [1.807, 2.05) is 0 Å². The van der Waals surface area contributed by atoms with Gasteiger partial charge in [-0.2, -0.15) is 0 Å². The van der Waals surface area contributed by atoms with Gasteiger partial charge in [-0.1, -0.05) is 27.7 Å². The third-order valence-corrected chi connectivity index (χ3v) is 2.87. The Morgan fingerprint density at radius 1 is 0.700 bits per heavy atom. The zero-order chi connectivity index (χ0) is 16.0. The Balaban J connectivity index is 5.57. The molecule has 0 heterocycles. The summed E-state index contributed by atoms with van der Waals surface area (Å²) in [4.78, 5) is 45.6. The summed E-state index contributed by atoms with van der Waals surface area (Å²) in [5.41, 5.74) is -1.02. The molecule has 0 aromatic heterocycles. The summed E-state index contributed by atoms with van der Waals surface area (Å²) in [6.07, 6.45) is -0.972. The molecule has 0 fully saturated rings. The Morgan fingerprint density at radius 3 is 1.10 bits per heavy atom. The van der Waals surface area contributed by atoms with E-state index in [4.69, 9.17) is 10.2 Å². The zero-order valence-corrected chi connectivity index (χ0v) is 12.1. The number of carboxylic acid groups (broad SMARTS) is 2. The van der Waals surface area contributed by atoms with Gasteiger partial charge < -0.3 is 10.2 Å². The molecule has 112 valence electrons. The number of ketones is 2. The number of carbonyl (C=O) groups excluding carboxylic acids is 2. The van der Waals surface area contributed by atoms with Crippen LogP contribution in [0.1, 0.15) is 40.5 Å². The van der Waals surface area contributed by atoms with Crippen molar-refractivity contribution in [2.45, 2.75) is 40.5 Å². The fraction of sp³-hybridized carbons (Fsp3) is 0.571. The molecule has 0 saturated carbocycles. The first-order valence-electron chi connectivity index (χ1n) is 6.31. The molecule has 0 aliphatic rings. The predicted molar refractivity (Wildman–Crippen MR) is 71.2 cm³/mol. The molecule has 0 rings (SSSR count). The average Bonchev–Trinajstić information content (AvgIpc) is 2.31. The third kappa shape index (κ3) is 5.34. The normalized spacial score (nSPS) is 12.3. The molecule has 6 heteroatoms. The fourth-order valence-electron chi connectivity index (χ4n) is 1.38. The molecule has 6 nitrogen and oxygen atoms in total. The van der Waals surface area contributed by atoms with Gasteiger partial charge in [0.15, 0.2) is 0 Å². The Hall–Kier alpha value is -1.98. The van der Waals surface area contributed by atoms with Gasteiger partial charge in [0.1, 0.15) is 11.6 Å². The molecule has 0 unspecified atom stereocenters. The lowest BCUT2D eigenvalue weighted by Gasteiger charge is -2.11. The van der Waals surface area contributed by atoms with E-state index in [1.54, 1.807) is 27.7 Å². The molecule has 0 aromatic rings. The molecule has 0 aliphatic carbocycles. The molecule has 0 radical (unpaired) electrons. The van der Waals surface area contributed by atoms with E-state index < -0.39 is 47.8 Å². The molecular formula is C14H20O6. The van der Waals surface area contributed by atoms with E-state index in [-0.39, 0.29) is 11.6 Å². The minimum atomic E-state index is -1.48. The van der Waals surface area contributed by atoms with E-state index in [0.717, 1.165) is 0 Å². The Kier molecular flexibility index (Phi) is 6.82. The van der Waals surface area contributed by atoms with Crippen molar-refractivity contribution in [3.05, 3.63) is 11.1 Å². The van der Waals surface area contributed by atoms with Crippen LogP contribution < -0.4 is 0 Å². The molecule has 0 aliphatic heterocycles. The number of Topliss-reactive ketones (excluding diaryl/α,β-unsaturated/α-hetero) is 2. The lowest BCUT2D eigenvalue weighted by atomic mass is 9.92. The molecule has 2 N–H and O–H groups in total. The van der Waals surface area contributed by atoms with Gasteiger partial charge in [0.2, 0.25) is 0 Å². The third-order valence-electron chi connectivity index (χ3n) is 2.87. The largest absolute Gasteiger partial charge is 0.478 e. The first-order chi connectivity index (χ1) is 9.07. The van der Waals surface area contributed by atoms with E-state index >= 15 is 0 Å². The Bertz CT molecular complexity index is 414. The number of rotatable bonds is 8. The maximum absolute atomic E-state index is 11.6. The SMILES string of the molecule is CC(C)C(=O)C/C(C(=O)O)=C(/CC(=O)C(C)C)C(=O)O. The topological polar surface area (TPSA) is 109 Å². The highest BCUT2D eigenvalue weighted by atomic mass is 16.4. The van der Waals surface area contributed by atoms with Gasteiger partial charge in [-0.25, -0.2) is 9.59 Å². The average molecular weight is 284 g/mol. The zero-order valence-electron chi connectivity index (χ0n) is 12.1. The molecule has 0 saturated heterocycles. The highest BCUT2D eigenvalue weighted by Gasteiger charge is 2.26. The molecular weight excluding hydrogens is 264 g/mol. The molecule has 0 aromatic carbocycles. The predicted octanol–water partition coefficient (Wildman–Crippen LogP) is 1.68. The van der Waals surface area contributed by atoms with Crippen LogP contribution in [0.2, 0.25) is 0 Å². The van der Waals surface area contributed by atoms with Crippen molar-refractivity contribution in [2.24, 2.45) is 11.8 Å². The van der Waals surface area contributed by atoms with E-state index in [1.165, 1.54) is 0 Å². The van der Waals surface area contributed by atoms with Gasteiger partial charge in [0.25, 0.3) is 0 Å². The van der Waals surface area contributed by atoms with E-state index in [2.05, 4.69) is 0 Å². The molecule has 20 heavy (non-hydrogen) atoms. The summed E-state index contributed by atoms with van der Waals surface area (Å²) in [7, 11) is 0. The monoisotopic (exact) mass is 284 g/mol. The molecule has 0 spiro atoms. The van der Waals surface area contributed by atoms with Crippen molar-refractivity contribution in [1.82, 2.24) is 0 Å². The van der Waals surface area contributed by atoms with Crippen LogP contribution in [0.15, 0.2) is 11.1 Å². The number of carbonyl (C=O) groups is 4. The highest BCUT2D eigenvalue weighted by Crippen LogP contribution is 2.18. The van der Waals surface area contributed by atoms with Gasteiger partial charge in [0, 0.05) is 24.7 Å². The van der Waals surface area contributed by atoms with Crippen LogP contribution in [-0.4, -0.2) is 33.7 Å². The molecule has 0 bridgehead atoms. The van der Waals surface area contributed by atoms with Crippen molar-refractivity contribution in [1.29, 1.82) is 0 Å². The van der Waals surface area contributed by atoms with Crippen molar-refractivity contribution >= 4 is 23.5 Å². The van der Waals surface area contributed by atoms with Crippen LogP contribution in [0, 0.1) is 11.8 Å². The Labute approximate surface area is 117 Å². The van der Waals surface area contributed by atoms with Crippen molar-refractivity contribution in [3.8, 4) is 0 Å². The lowest BCUT2D eigenvalue weighted by Crippen LogP contribution is -2.20. The van der Waals surface area contributed by atoms with E-state index in [0.29, 0.717) is 0 Å². The van der Waals surface area contributed by atoms with Crippen LogP contribution >= 0.6 is 0 Å². The number of hydrogen-bond donors (Lipinski definition) is 2. The lowest BCUT2D eigenvalue weighted by molar-refractivity contribution is -0.137. The second kappa shape index (κ2) is 7.57. The number of aliphatic carboxylic acids is 2. The summed E-state index contributed by atoms with van der Waals surface area (Å²) in [5.74, 6) is -4.52. The summed E-state index contributed by atoms with van der Waals surface area (Å²) >= 11 is 0. The van der Waals surface area contributed by atoms with Crippen molar-refractivity contribution in [3.63, 3.8) is 0 Å². The Morgan fingerprint density at radius 2 is 0.950 bits per heavy atom. The number of hydrogen-bond acceptors (Lipinski definition) is 4. The van der Waals surface area contributed by atoms with Crippen LogP contribution in [0.4, 0.5) is 0 Å². The minimum Gasteiger partial charge on any atom is -0.478 e. The van der Waals surface area contributed by atoms with Crippen LogP contribution in [-0.2, 0) is 19.2 Å². The van der Waals surface area contributed by atoms with Gasteiger partial charge in [-0.3, -0.25) is 9.59 Å². The smallest absolute Gasteiger partial charge is 0.332 e. The maximum atomic E-state index is 11.6. The van der Waals surface area contributed by atoms with Gasteiger partial charge >= 0.3 is 11.9 Å². The van der Waals surface area contributed by atoms with Gasteiger partial charge in [-0.15, -0.1) is 0 Å². The molecule has 0 atom stereocenters. The second-order valence-electron chi connectivity index (χ2n) is 5.16. The first kappa shape index (κ1) is 18.0. The minimum absolute atomic E-state index is 0.377.